The zero-order chi connectivity index (χ0) is 84.0. The summed E-state index contributed by atoms with van der Waals surface area (Å²) in [6.45, 7) is 5.84. The smallest absolute Gasteiger partial charge is 0.489 e. The van der Waals surface area contributed by atoms with Gasteiger partial charge in [0.05, 0.1) is 231 Å². The Morgan fingerprint density at radius 2 is 0.466 bits per heavy atom. The topological polar surface area (TPSA) is 457 Å². The molecule has 0 aliphatic heterocycles. The van der Waals surface area contributed by atoms with E-state index in [2.05, 4.69) is 0 Å². The van der Waals surface area contributed by atoms with E-state index in [0.29, 0.717) is 149 Å². The van der Waals surface area contributed by atoms with Crippen molar-refractivity contribution in [2.75, 3.05) is 339 Å². The van der Waals surface area contributed by atoms with Crippen LogP contribution in [0.1, 0.15) is 16.7 Å². The van der Waals surface area contributed by atoms with Crippen LogP contribution in [0.15, 0.2) is 42.5 Å². The van der Waals surface area contributed by atoms with Crippen molar-refractivity contribution in [3.8, 4) is 46.0 Å². The first-order valence-electron chi connectivity index (χ1n) is 38.2. The zero-order valence-corrected chi connectivity index (χ0v) is 71.3. The van der Waals surface area contributed by atoms with Crippen LogP contribution in [0.3, 0.4) is 0 Å². The van der Waals surface area contributed by atoms with Crippen LogP contribution in [0.4, 0.5) is 0 Å². The Balaban J connectivity index is 0.0000348. The molecular weight excluding hydrogens is 1720 g/mol. The molecule has 0 fully saturated rings. The maximum atomic E-state index is 13.9. The molecule has 41 heteroatoms. The molecule has 0 saturated carbocycles. The average Bonchev–Trinajstić information content (AvgIpc) is 0.820. The van der Waals surface area contributed by atoms with Gasteiger partial charge in [-0.25, -0.2) is 0 Å². The Labute approximate surface area is 722 Å². The van der Waals surface area contributed by atoms with Crippen LogP contribution >= 0.6 is 0 Å². The van der Waals surface area contributed by atoms with Gasteiger partial charge in [-0.3, -0.25) is 38.7 Å². The van der Waals surface area contributed by atoms with Crippen LogP contribution < -0.4 is 37.9 Å². The number of rotatable bonds is 84. The fourth-order valence-corrected chi connectivity index (χ4v) is 9.81. The van der Waals surface area contributed by atoms with E-state index in [4.69, 9.17) is 128 Å². The maximum Gasteiger partial charge on any atom is 3.00 e. The number of ether oxygens (including phenoxy) is 27. The van der Waals surface area contributed by atoms with Gasteiger partial charge in [0.2, 0.25) is 11.5 Å². The summed E-state index contributed by atoms with van der Waals surface area (Å²) in [6.07, 6.45) is 0. The van der Waals surface area contributed by atoms with Gasteiger partial charge in [0.15, 0.2) is 23.0 Å². The molecule has 0 aliphatic rings. The Hall–Kier alpha value is -6.15. The largest absolute Gasteiger partial charge is 3.00 e. The van der Waals surface area contributed by atoms with Crippen LogP contribution in [0.2, 0.25) is 0 Å². The molecule has 3 aromatic carbocycles. The van der Waals surface area contributed by atoms with Gasteiger partial charge < -0.3 is 154 Å². The van der Waals surface area contributed by atoms with Crippen LogP contribution in [0, 0.1) is 39.9 Å². The maximum absolute atomic E-state index is 13.9. The molecule has 0 unspecified atom stereocenters. The summed E-state index contributed by atoms with van der Waals surface area (Å²) in [5.41, 5.74) is 1.41. The Bertz CT molecular complexity index is 2770. The van der Waals surface area contributed by atoms with Gasteiger partial charge in [-0.05, 0) is 53.1 Å². The van der Waals surface area contributed by atoms with Gasteiger partial charge in [0.25, 0.3) is 0 Å². The quantitative estimate of drug-likeness (QED) is 0.0461. The molecule has 6 N–H and O–H groups in total. The van der Waals surface area contributed by atoms with Gasteiger partial charge in [0, 0.05) is 74.9 Å². The monoisotopic (exact) mass is 1840 g/mol. The van der Waals surface area contributed by atoms with Crippen LogP contribution in [-0.4, -0.2) is 410 Å². The predicted molar refractivity (Wildman–Crippen MR) is 415 cm³/mol. The molecular formula is C77H127GdN3O37+3. The molecule has 0 aliphatic carbocycles. The van der Waals surface area contributed by atoms with E-state index in [-0.39, 0.29) is 237 Å². The second-order valence-electron chi connectivity index (χ2n) is 24.6. The first-order chi connectivity index (χ1) is 56.6. The fourth-order valence-electron chi connectivity index (χ4n) is 9.81. The van der Waals surface area contributed by atoms with E-state index < -0.39 is 69.2 Å². The fraction of sp³-hybridized carbons (Fsp3) is 0.701. The second-order valence-corrected chi connectivity index (χ2v) is 24.6. The number of benzene rings is 3. The van der Waals surface area contributed by atoms with Gasteiger partial charge in [-0.15, -0.1) is 0 Å². The Morgan fingerprint density at radius 1 is 0.254 bits per heavy atom. The number of methoxy groups -OCH3 is 6. The van der Waals surface area contributed by atoms with Crippen molar-refractivity contribution in [1.29, 1.82) is 0 Å². The van der Waals surface area contributed by atoms with E-state index >= 15 is 0 Å². The van der Waals surface area contributed by atoms with Gasteiger partial charge in [-0.1, -0.05) is 0 Å². The van der Waals surface area contributed by atoms with E-state index in [1.165, 1.54) is 9.80 Å². The minimum atomic E-state index is -1.31. The third-order valence-electron chi connectivity index (χ3n) is 15.3. The first kappa shape index (κ1) is 110. The molecule has 3 rings (SSSR count). The standard InChI is InChI=1S/C77H125N3O36.Gd.H2O/c1-90-11-17-96-23-29-102-35-41-108-67-49-63(50-68(109-42-36-103-30-24-97-18-12-91-2)76(67)112-45-39-106-33-27-100-21-15-94-5)59-114-65-47-62(61-116-75(89)58-80(57-74(87)88)10-8-78(54-71(81)82)7-9-79(55-72(83)84)56-73(85)86)48-66(53-65)115-60-64-51-69(110-43-37-104-31-25-98-19-13-92-3)77(113-46-40-107-34-28-101-22-16-95-6)70(52-64)111-44-38-105-32-26-99-20-14-93-4;;/h47-53H,7-46,54-61H2,1-6H3,(H,81,82)(H,83,84)(H,85,86)(H,87,88);;1H2/q;+3;. The Morgan fingerprint density at radius 3 is 0.720 bits per heavy atom. The van der Waals surface area contributed by atoms with Crippen molar-refractivity contribution in [3.05, 3.63) is 59.2 Å². The Kier molecular flexibility index (Phi) is 70.6. The first-order valence-corrected chi connectivity index (χ1v) is 38.2. The summed E-state index contributed by atoms with van der Waals surface area (Å²) < 4.78 is 156. The SMILES string of the molecule is COCCOCCOCCOc1cc(COc2cc(COC(=O)CN(CCN(CCN(CC(=O)O)CC(=O)O)CC(=O)O)CC(=O)O)cc(OCc3cc(OCCOCCOCCOC)c(OCCOCCOCCOC)c(OCCOCCOCCOC)c3)c2)cc(OCCOCCOCCOC)c1OCCOCCOCCOC.O.[Gd+3]. The molecule has 0 saturated heterocycles. The summed E-state index contributed by atoms with van der Waals surface area (Å²) in [6, 6.07) is 11.8. The molecule has 677 valence electrons. The normalized spacial score (nSPS) is 11.2. The summed E-state index contributed by atoms with van der Waals surface area (Å²) in [5.74, 6) is -4.02. The van der Waals surface area contributed by atoms with Crippen molar-refractivity contribution in [2.24, 2.45) is 0 Å². The predicted octanol–water partition coefficient (Wildman–Crippen LogP) is 1.66. The number of hydrogen-bond acceptors (Lipinski definition) is 35. The van der Waals surface area contributed by atoms with Crippen molar-refractivity contribution >= 4 is 29.8 Å². The number of carbonyl (C=O) groups is 5. The molecule has 0 aromatic heterocycles. The number of carboxylic acids is 4. The van der Waals surface area contributed by atoms with Crippen molar-refractivity contribution < 1.29 is 218 Å². The molecule has 0 amide bonds. The van der Waals surface area contributed by atoms with E-state index in [1.54, 1.807) is 85.1 Å². The van der Waals surface area contributed by atoms with Crippen LogP contribution in [-0.2, 0) is 134 Å². The number of carbonyl (C=O) groups excluding carboxylic acids is 1. The number of aliphatic carboxylic acids is 4. The summed E-state index contributed by atoms with van der Waals surface area (Å²) in [4.78, 5) is 64.9. The van der Waals surface area contributed by atoms with E-state index in [1.807, 2.05) is 0 Å². The molecule has 40 nitrogen and oxygen atoms in total. The molecule has 3 aromatic rings. The molecule has 118 heavy (non-hydrogen) atoms. The average molecular weight is 1840 g/mol. The third kappa shape index (κ3) is 58.7. The van der Waals surface area contributed by atoms with Gasteiger partial charge >= 0.3 is 69.8 Å². The van der Waals surface area contributed by atoms with Crippen LogP contribution in [0.5, 0.6) is 46.0 Å². The van der Waals surface area contributed by atoms with Crippen molar-refractivity contribution in [1.82, 2.24) is 14.7 Å². The molecule has 0 atom stereocenters. The minimum Gasteiger partial charge on any atom is -0.489 e. The van der Waals surface area contributed by atoms with E-state index in [9.17, 15) is 44.4 Å². The van der Waals surface area contributed by atoms with Crippen molar-refractivity contribution in [3.63, 3.8) is 0 Å². The number of nitrogens with zero attached hydrogens (tertiary/aromatic N) is 3. The van der Waals surface area contributed by atoms with Crippen LogP contribution in [0.25, 0.3) is 0 Å². The summed E-state index contributed by atoms with van der Waals surface area (Å²) in [7, 11) is 9.52. The second kappa shape index (κ2) is 75.8. The summed E-state index contributed by atoms with van der Waals surface area (Å²) in [5, 5.41) is 38.5. The molecule has 0 spiro atoms. The number of hydrogen-bond donors (Lipinski definition) is 4. The summed E-state index contributed by atoms with van der Waals surface area (Å²) >= 11 is 0. The number of esters is 1. The molecule has 1 radical (unpaired) electrons. The zero-order valence-electron chi connectivity index (χ0n) is 69.0. The number of carboxylic acid groups (broad SMARTS) is 4. The van der Waals surface area contributed by atoms with Gasteiger partial charge in [0.1, 0.15) is 71.0 Å². The van der Waals surface area contributed by atoms with E-state index in [0.717, 1.165) is 4.90 Å². The molecule has 0 heterocycles. The third-order valence-corrected chi connectivity index (χ3v) is 15.3. The minimum absolute atomic E-state index is 0. The van der Waals surface area contributed by atoms with Crippen molar-refractivity contribution in [2.45, 2.75) is 19.8 Å². The molecule has 0 bridgehead atoms. The van der Waals surface area contributed by atoms with Gasteiger partial charge in [-0.2, -0.15) is 0 Å².